The molecule has 0 bridgehead atoms. The van der Waals surface area contributed by atoms with Gasteiger partial charge in [0, 0.05) is 0 Å². The summed E-state index contributed by atoms with van der Waals surface area (Å²) in [6.07, 6.45) is 1.61. The zero-order chi connectivity index (χ0) is 13.1. The molecule has 3 N–H and O–H groups in total. The number of aromatic nitrogens is 2. The molecule has 4 nitrogen and oxygen atoms in total. The number of hydrogen-bond acceptors (Lipinski definition) is 2. The van der Waals surface area contributed by atoms with Gasteiger partial charge in [-0.05, 0) is 12.5 Å². The quantitative estimate of drug-likeness (QED) is 0.657. The van der Waals surface area contributed by atoms with E-state index in [9.17, 15) is 0 Å². The lowest BCUT2D eigenvalue weighted by Gasteiger charge is -2.17. The molecule has 0 saturated carbocycles. The number of nitrogens with zero attached hydrogens (tertiary/aromatic N) is 2. The Hall–Kier alpha value is -1.81. The fraction of sp³-hybridized carbons (Fsp3) is 0.231. The van der Waals surface area contributed by atoms with Gasteiger partial charge in [-0.2, -0.15) is 5.10 Å². The molecular formula is C13H15ClN4. The largest absolute Gasteiger partial charge is 0.387 e. The predicted molar refractivity (Wildman–Crippen MR) is 73.1 cm³/mol. The van der Waals surface area contributed by atoms with Crippen LogP contribution in [0.4, 0.5) is 0 Å². The highest BCUT2D eigenvalue weighted by Gasteiger charge is 2.17. The molecule has 0 amide bonds. The Kier molecular flexibility index (Phi) is 3.67. The third kappa shape index (κ3) is 2.54. The molecule has 0 radical (unpaired) electrons. The number of amidine groups is 1. The van der Waals surface area contributed by atoms with E-state index < -0.39 is 0 Å². The minimum Gasteiger partial charge on any atom is -0.387 e. The number of nitrogens with two attached hydrogens (primary N) is 1. The molecule has 0 fully saturated rings. The normalized spacial score (nSPS) is 12.3. The Morgan fingerprint density at radius 1 is 1.44 bits per heavy atom. The summed E-state index contributed by atoms with van der Waals surface area (Å²) in [6.45, 7) is 2.43. The van der Waals surface area contributed by atoms with Crippen LogP contribution in [0.15, 0.2) is 36.5 Å². The SMILES string of the molecule is Cc1c(Cl)cnn1CC(C(=N)N)c1ccccc1. The Balaban J connectivity index is 2.28. The summed E-state index contributed by atoms with van der Waals surface area (Å²) < 4.78 is 1.78. The molecule has 0 aliphatic rings. The van der Waals surface area contributed by atoms with Gasteiger partial charge in [0.1, 0.15) is 5.84 Å². The predicted octanol–water partition coefficient (Wildman–Crippen LogP) is 2.56. The van der Waals surface area contributed by atoms with E-state index in [4.69, 9.17) is 22.7 Å². The molecular weight excluding hydrogens is 248 g/mol. The molecule has 5 heteroatoms. The molecule has 1 aromatic heterocycles. The minimum atomic E-state index is -0.180. The van der Waals surface area contributed by atoms with E-state index in [2.05, 4.69) is 5.10 Å². The van der Waals surface area contributed by atoms with Crippen molar-refractivity contribution < 1.29 is 0 Å². The molecule has 94 valence electrons. The van der Waals surface area contributed by atoms with Crippen LogP contribution in [0.1, 0.15) is 17.2 Å². The summed E-state index contributed by atoms with van der Waals surface area (Å²) in [5.74, 6) is -0.0481. The number of halogens is 1. The first-order valence-corrected chi connectivity index (χ1v) is 6.04. The monoisotopic (exact) mass is 262 g/mol. The van der Waals surface area contributed by atoms with Crippen LogP contribution in [0.25, 0.3) is 0 Å². The molecule has 1 aromatic carbocycles. The van der Waals surface area contributed by atoms with Crippen molar-refractivity contribution in [2.24, 2.45) is 5.73 Å². The summed E-state index contributed by atoms with van der Waals surface area (Å²) in [5, 5.41) is 12.5. The average molecular weight is 263 g/mol. The molecule has 18 heavy (non-hydrogen) atoms. The van der Waals surface area contributed by atoms with Gasteiger partial charge in [-0.15, -0.1) is 0 Å². The van der Waals surface area contributed by atoms with Crippen molar-refractivity contribution in [3.63, 3.8) is 0 Å². The van der Waals surface area contributed by atoms with E-state index in [0.717, 1.165) is 11.3 Å². The second-order valence-electron chi connectivity index (χ2n) is 4.18. The van der Waals surface area contributed by atoms with Gasteiger partial charge in [-0.3, -0.25) is 10.1 Å². The van der Waals surface area contributed by atoms with E-state index in [1.165, 1.54) is 0 Å². The number of hydrogen-bond donors (Lipinski definition) is 2. The fourth-order valence-corrected chi connectivity index (χ4v) is 1.99. The third-order valence-corrected chi connectivity index (χ3v) is 3.35. The van der Waals surface area contributed by atoms with Crippen molar-refractivity contribution in [2.75, 3.05) is 0 Å². The Morgan fingerprint density at radius 2 is 2.11 bits per heavy atom. The summed E-state index contributed by atoms with van der Waals surface area (Å²) in [6, 6.07) is 9.75. The van der Waals surface area contributed by atoms with Crippen LogP contribution in [0.5, 0.6) is 0 Å². The molecule has 0 aliphatic carbocycles. The van der Waals surface area contributed by atoms with Gasteiger partial charge in [-0.25, -0.2) is 0 Å². The van der Waals surface area contributed by atoms with Crippen molar-refractivity contribution in [1.29, 1.82) is 5.41 Å². The van der Waals surface area contributed by atoms with Crippen LogP contribution in [-0.2, 0) is 6.54 Å². The summed E-state index contributed by atoms with van der Waals surface area (Å²) in [4.78, 5) is 0. The fourth-order valence-electron chi connectivity index (χ4n) is 1.85. The second-order valence-corrected chi connectivity index (χ2v) is 4.59. The second kappa shape index (κ2) is 5.23. The van der Waals surface area contributed by atoms with Crippen molar-refractivity contribution >= 4 is 17.4 Å². The molecule has 0 aliphatic heterocycles. The van der Waals surface area contributed by atoms with E-state index in [-0.39, 0.29) is 11.8 Å². The van der Waals surface area contributed by atoms with Crippen molar-refractivity contribution in [1.82, 2.24) is 9.78 Å². The highest BCUT2D eigenvalue weighted by Crippen LogP contribution is 2.20. The number of benzene rings is 1. The van der Waals surface area contributed by atoms with E-state index in [1.807, 2.05) is 37.3 Å². The van der Waals surface area contributed by atoms with Crippen molar-refractivity contribution in [3.05, 3.63) is 52.8 Å². The lowest BCUT2D eigenvalue weighted by atomic mass is 9.98. The van der Waals surface area contributed by atoms with E-state index >= 15 is 0 Å². The zero-order valence-electron chi connectivity index (χ0n) is 10.1. The molecule has 1 atom stereocenters. The first kappa shape index (κ1) is 12.6. The summed E-state index contributed by atoms with van der Waals surface area (Å²) in [7, 11) is 0. The van der Waals surface area contributed by atoms with Crippen LogP contribution in [0.2, 0.25) is 5.02 Å². The highest BCUT2D eigenvalue weighted by atomic mass is 35.5. The lowest BCUT2D eigenvalue weighted by Crippen LogP contribution is -2.25. The van der Waals surface area contributed by atoms with Gasteiger partial charge in [-0.1, -0.05) is 41.9 Å². The van der Waals surface area contributed by atoms with Gasteiger partial charge < -0.3 is 5.73 Å². The lowest BCUT2D eigenvalue weighted by molar-refractivity contribution is 0.571. The summed E-state index contributed by atoms with van der Waals surface area (Å²) >= 11 is 5.97. The smallest absolute Gasteiger partial charge is 0.100 e. The van der Waals surface area contributed by atoms with Gasteiger partial charge in [0.25, 0.3) is 0 Å². The van der Waals surface area contributed by atoms with Gasteiger partial charge in [0.15, 0.2) is 0 Å². The molecule has 0 spiro atoms. The first-order chi connectivity index (χ1) is 8.59. The van der Waals surface area contributed by atoms with Crippen LogP contribution in [-0.4, -0.2) is 15.6 Å². The molecule has 2 rings (SSSR count). The van der Waals surface area contributed by atoms with Gasteiger partial charge in [0.2, 0.25) is 0 Å². The van der Waals surface area contributed by atoms with E-state index in [1.54, 1.807) is 10.9 Å². The minimum absolute atomic E-state index is 0.132. The molecule has 1 unspecified atom stereocenters. The topological polar surface area (TPSA) is 67.7 Å². The van der Waals surface area contributed by atoms with Crippen molar-refractivity contribution in [3.8, 4) is 0 Å². The Labute approximate surface area is 111 Å². The maximum atomic E-state index is 7.72. The number of rotatable bonds is 4. The molecule has 2 aromatic rings. The third-order valence-electron chi connectivity index (χ3n) is 2.98. The standard InChI is InChI=1S/C13H15ClN4/c1-9-12(14)7-17-18(9)8-11(13(15)16)10-5-3-2-4-6-10/h2-7,11H,8H2,1H3,(H3,15,16). The molecule has 1 heterocycles. The maximum Gasteiger partial charge on any atom is 0.100 e. The van der Waals surface area contributed by atoms with Crippen molar-refractivity contribution in [2.45, 2.75) is 19.4 Å². The average Bonchev–Trinajstić information content (AvgIpc) is 2.68. The highest BCUT2D eigenvalue weighted by molar-refractivity contribution is 6.31. The molecule has 0 saturated heterocycles. The maximum absolute atomic E-state index is 7.72. The zero-order valence-corrected chi connectivity index (χ0v) is 10.9. The van der Waals surface area contributed by atoms with Crippen LogP contribution in [0, 0.1) is 12.3 Å². The first-order valence-electron chi connectivity index (χ1n) is 5.66. The van der Waals surface area contributed by atoms with Crippen LogP contribution >= 0.6 is 11.6 Å². The Morgan fingerprint density at radius 3 is 2.61 bits per heavy atom. The van der Waals surface area contributed by atoms with Gasteiger partial charge >= 0.3 is 0 Å². The Bertz CT molecular complexity index is 547. The van der Waals surface area contributed by atoms with Gasteiger partial charge in [0.05, 0.1) is 29.4 Å². The van der Waals surface area contributed by atoms with Crippen LogP contribution < -0.4 is 5.73 Å². The number of nitrogens with one attached hydrogen (secondary N) is 1. The summed E-state index contributed by atoms with van der Waals surface area (Å²) in [5.41, 5.74) is 7.58. The van der Waals surface area contributed by atoms with E-state index in [0.29, 0.717) is 11.6 Å². The van der Waals surface area contributed by atoms with Crippen LogP contribution in [0.3, 0.4) is 0 Å².